The smallest absolute Gasteiger partial charge is 0.255 e. The van der Waals surface area contributed by atoms with Crippen molar-refractivity contribution in [3.8, 4) is 11.5 Å². The van der Waals surface area contributed by atoms with E-state index in [1.807, 2.05) is 18.2 Å². The van der Waals surface area contributed by atoms with Gasteiger partial charge in [0, 0.05) is 13.0 Å². The van der Waals surface area contributed by atoms with E-state index in [1.165, 1.54) is 17.0 Å². The van der Waals surface area contributed by atoms with Crippen molar-refractivity contribution in [3.05, 3.63) is 95.8 Å². The lowest BCUT2D eigenvalue weighted by atomic mass is 10.0. The van der Waals surface area contributed by atoms with Crippen LogP contribution in [0.25, 0.3) is 0 Å². The van der Waals surface area contributed by atoms with Crippen molar-refractivity contribution >= 4 is 17.6 Å². The summed E-state index contributed by atoms with van der Waals surface area (Å²) in [5.41, 5.74) is 0.937. The summed E-state index contributed by atoms with van der Waals surface area (Å²) in [6.07, 6.45) is 0.381. The van der Waals surface area contributed by atoms with Gasteiger partial charge in [-0.2, -0.15) is 0 Å². The number of para-hydroxylation sites is 2. The molecule has 8 heteroatoms. The molecular formula is C28H25FN2O5. The van der Waals surface area contributed by atoms with Crippen LogP contribution in [-0.2, 0) is 20.7 Å². The summed E-state index contributed by atoms with van der Waals surface area (Å²) in [6.45, 7) is 0.349. The zero-order valence-electron chi connectivity index (χ0n) is 19.4. The number of likely N-dealkylation sites (tertiary alicyclic amines) is 1. The lowest BCUT2D eigenvalue weighted by Gasteiger charge is -2.28. The number of hydrogen-bond donors (Lipinski definition) is 1. The number of fused-ring (bicyclic) bond motifs is 1. The molecule has 5 rings (SSSR count). The van der Waals surface area contributed by atoms with Crippen LogP contribution in [0.4, 0.5) is 4.39 Å². The Morgan fingerprint density at radius 3 is 2.53 bits per heavy atom. The van der Waals surface area contributed by atoms with Gasteiger partial charge >= 0.3 is 0 Å². The lowest BCUT2D eigenvalue weighted by Crippen LogP contribution is -2.53. The second-order valence-corrected chi connectivity index (χ2v) is 8.85. The number of carbonyl (C=O) groups excluding carboxylic acids is 3. The number of nitrogens with zero attached hydrogens (tertiary/aromatic N) is 1. The van der Waals surface area contributed by atoms with Crippen LogP contribution in [0.1, 0.15) is 22.3 Å². The highest BCUT2D eigenvalue weighted by molar-refractivity contribution is 6.01. The molecule has 2 aliphatic heterocycles. The van der Waals surface area contributed by atoms with Crippen molar-refractivity contribution in [2.75, 3.05) is 13.2 Å². The van der Waals surface area contributed by atoms with E-state index >= 15 is 0 Å². The molecular weight excluding hydrogens is 463 g/mol. The van der Waals surface area contributed by atoms with Gasteiger partial charge in [0.05, 0.1) is 11.7 Å². The summed E-state index contributed by atoms with van der Waals surface area (Å²) in [6, 6.07) is 20.0. The van der Waals surface area contributed by atoms with Gasteiger partial charge in [-0.15, -0.1) is 0 Å². The van der Waals surface area contributed by atoms with Crippen LogP contribution in [0, 0.1) is 5.82 Å². The average molecular weight is 489 g/mol. The van der Waals surface area contributed by atoms with E-state index in [-0.39, 0.29) is 36.4 Å². The van der Waals surface area contributed by atoms with E-state index in [1.54, 1.807) is 48.5 Å². The van der Waals surface area contributed by atoms with Gasteiger partial charge in [-0.05, 0) is 48.4 Å². The highest BCUT2D eigenvalue weighted by atomic mass is 19.1. The Morgan fingerprint density at radius 2 is 1.75 bits per heavy atom. The minimum Gasteiger partial charge on any atom is -0.457 e. The lowest BCUT2D eigenvalue weighted by molar-refractivity contribution is -0.138. The van der Waals surface area contributed by atoms with Gasteiger partial charge < -0.3 is 19.7 Å². The summed E-state index contributed by atoms with van der Waals surface area (Å²) >= 11 is 0. The quantitative estimate of drug-likeness (QED) is 0.550. The maximum absolute atomic E-state index is 13.6. The molecule has 36 heavy (non-hydrogen) atoms. The Labute approximate surface area is 207 Å². The largest absolute Gasteiger partial charge is 0.457 e. The van der Waals surface area contributed by atoms with E-state index in [0.29, 0.717) is 30.0 Å². The van der Waals surface area contributed by atoms with Gasteiger partial charge in [-0.25, -0.2) is 4.39 Å². The van der Waals surface area contributed by atoms with Crippen LogP contribution < -0.4 is 10.1 Å². The van der Waals surface area contributed by atoms with E-state index in [0.717, 1.165) is 0 Å². The molecule has 0 radical (unpaired) electrons. The van der Waals surface area contributed by atoms with E-state index in [4.69, 9.17) is 9.47 Å². The molecule has 7 nitrogen and oxygen atoms in total. The standard InChI is InChI=1S/C28H25FN2O5/c29-19-12-10-18(11-13-19)16-22(28(34)31-15-14-25-26(31)23(32)17-35-25)30-27(33)21-8-4-5-9-24(21)36-20-6-2-1-3-7-20/h1-13,22,25-26H,14-17H2,(H,30,33). The minimum absolute atomic E-state index is 0.0156. The molecule has 0 aliphatic carbocycles. The number of Topliss-reactive ketones (excluding diaryl/α,β-unsaturated/α-hetero) is 1. The Bertz CT molecular complexity index is 1260. The number of nitrogens with one attached hydrogen (secondary N) is 1. The molecule has 3 unspecified atom stereocenters. The van der Waals surface area contributed by atoms with Crippen LogP contribution in [-0.4, -0.2) is 53.8 Å². The molecule has 0 saturated carbocycles. The van der Waals surface area contributed by atoms with Gasteiger partial charge in [-0.3, -0.25) is 14.4 Å². The third-order valence-electron chi connectivity index (χ3n) is 6.45. The molecule has 2 heterocycles. The van der Waals surface area contributed by atoms with E-state index in [9.17, 15) is 18.8 Å². The second-order valence-electron chi connectivity index (χ2n) is 8.85. The van der Waals surface area contributed by atoms with Gasteiger partial charge in [0.1, 0.15) is 36.0 Å². The van der Waals surface area contributed by atoms with Gasteiger partial charge in [0.15, 0.2) is 5.78 Å². The molecule has 2 amide bonds. The topological polar surface area (TPSA) is 84.9 Å². The van der Waals surface area contributed by atoms with E-state index < -0.39 is 23.8 Å². The van der Waals surface area contributed by atoms with Gasteiger partial charge in [0.2, 0.25) is 5.91 Å². The molecule has 184 valence electrons. The predicted octanol–water partition coefficient (Wildman–Crippen LogP) is 3.53. The second kappa shape index (κ2) is 10.3. The number of hydrogen-bond acceptors (Lipinski definition) is 5. The molecule has 1 N–H and O–H groups in total. The van der Waals surface area contributed by atoms with Gasteiger partial charge in [0.25, 0.3) is 5.91 Å². The molecule has 2 saturated heterocycles. The fraction of sp³-hybridized carbons (Fsp3) is 0.250. The molecule has 0 spiro atoms. The zero-order chi connectivity index (χ0) is 25.1. The van der Waals surface area contributed by atoms with E-state index in [2.05, 4.69) is 5.32 Å². The first kappa shape index (κ1) is 23.7. The molecule has 3 atom stereocenters. The van der Waals surface area contributed by atoms with Crippen molar-refractivity contribution in [2.45, 2.75) is 31.0 Å². The summed E-state index contributed by atoms with van der Waals surface area (Å²) in [5, 5.41) is 2.84. The number of ketones is 1. The number of halogens is 1. The SMILES string of the molecule is O=C(NC(Cc1ccc(F)cc1)C(=O)N1CCC2OCC(=O)C21)c1ccccc1Oc1ccccc1. The zero-order valence-corrected chi connectivity index (χ0v) is 19.4. The first-order valence-electron chi connectivity index (χ1n) is 11.8. The summed E-state index contributed by atoms with van der Waals surface area (Å²) in [4.78, 5) is 40.9. The maximum Gasteiger partial charge on any atom is 0.255 e. The van der Waals surface area contributed by atoms with Crippen LogP contribution >= 0.6 is 0 Å². The first-order valence-corrected chi connectivity index (χ1v) is 11.8. The van der Waals surface area contributed by atoms with Crippen LogP contribution in [0.15, 0.2) is 78.9 Å². The number of ether oxygens (including phenoxy) is 2. The summed E-state index contributed by atoms with van der Waals surface area (Å²) < 4.78 is 24.9. The normalized spacial score (nSPS) is 19.6. The van der Waals surface area contributed by atoms with Crippen molar-refractivity contribution in [1.29, 1.82) is 0 Å². The molecule has 3 aromatic rings. The van der Waals surface area contributed by atoms with Crippen molar-refractivity contribution in [2.24, 2.45) is 0 Å². The van der Waals surface area contributed by atoms with Crippen molar-refractivity contribution < 1.29 is 28.2 Å². The minimum atomic E-state index is -0.972. The summed E-state index contributed by atoms with van der Waals surface area (Å²) in [7, 11) is 0. The fourth-order valence-electron chi connectivity index (χ4n) is 4.69. The van der Waals surface area contributed by atoms with Gasteiger partial charge in [-0.1, -0.05) is 42.5 Å². The predicted molar refractivity (Wildman–Crippen MR) is 129 cm³/mol. The monoisotopic (exact) mass is 488 g/mol. The molecule has 0 aromatic heterocycles. The number of amides is 2. The first-order chi connectivity index (χ1) is 17.5. The Kier molecular flexibility index (Phi) is 6.77. The third-order valence-corrected chi connectivity index (χ3v) is 6.45. The highest BCUT2D eigenvalue weighted by Crippen LogP contribution is 2.29. The molecule has 0 bridgehead atoms. The average Bonchev–Trinajstić information content (AvgIpc) is 3.48. The fourth-order valence-corrected chi connectivity index (χ4v) is 4.69. The third kappa shape index (κ3) is 4.99. The van der Waals surface area contributed by atoms with Crippen LogP contribution in [0.3, 0.4) is 0 Å². The highest BCUT2D eigenvalue weighted by Gasteiger charge is 2.48. The molecule has 2 aliphatic rings. The molecule has 3 aromatic carbocycles. The summed E-state index contributed by atoms with van der Waals surface area (Å²) in [5.74, 6) is -0.491. The number of benzene rings is 3. The number of rotatable bonds is 7. The van der Waals surface area contributed by atoms with Crippen molar-refractivity contribution in [3.63, 3.8) is 0 Å². The molecule has 2 fully saturated rings. The Hall–Kier alpha value is -4.04. The Morgan fingerprint density at radius 1 is 1.03 bits per heavy atom. The Balaban J connectivity index is 1.40. The number of carbonyl (C=O) groups is 3. The van der Waals surface area contributed by atoms with Crippen LogP contribution in [0.2, 0.25) is 0 Å². The maximum atomic E-state index is 13.6. The van der Waals surface area contributed by atoms with Crippen molar-refractivity contribution in [1.82, 2.24) is 10.2 Å². The van der Waals surface area contributed by atoms with Crippen LogP contribution in [0.5, 0.6) is 11.5 Å².